The molecule has 0 spiro atoms. The van der Waals surface area contributed by atoms with Crippen molar-refractivity contribution in [3.05, 3.63) is 18.3 Å². The Balaban J connectivity index is 2.65. The Morgan fingerprint density at radius 1 is 1.38 bits per heavy atom. The van der Waals surface area contributed by atoms with Crippen molar-refractivity contribution >= 4 is 17.4 Å². The Kier molecular flexibility index (Phi) is 3.88. The average Bonchev–Trinajstić information content (AvgIpc) is 2.20. The van der Waals surface area contributed by atoms with Gasteiger partial charge in [0.1, 0.15) is 5.82 Å². The first-order valence-corrected chi connectivity index (χ1v) is 5.45. The van der Waals surface area contributed by atoms with E-state index in [2.05, 4.69) is 15.6 Å². The molecule has 2 N–H and O–H groups in total. The van der Waals surface area contributed by atoms with Crippen molar-refractivity contribution in [3.63, 3.8) is 0 Å². The minimum Gasteiger partial charge on any atom is -0.384 e. The highest BCUT2D eigenvalue weighted by Crippen LogP contribution is 2.16. The molecule has 16 heavy (non-hydrogen) atoms. The first-order chi connectivity index (χ1) is 7.43. The topological polar surface area (TPSA) is 54.0 Å². The van der Waals surface area contributed by atoms with Crippen molar-refractivity contribution in [3.8, 4) is 0 Å². The number of anilines is 2. The summed E-state index contributed by atoms with van der Waals surface area (Å²) in [5.41, 5.74) is 0.554. The molecule has 0 aliphatic rings. The number of aromatic nitrogens is 1. The second kappa shape index (κ2) is 4.96. The zero-order valence-electron chi connectivity index (χ0n) is 10.3. The molecule has 0 unspecified atom stereocenters. The van der Waals surface area contributed by atoms with Crippen LogP contribution in [0.15, 0.2) is 18.3 Å². The maximum absolute atomic E-state index is 11.7. The third kappa shape index (κ3) is 3.53. The summed E-state index contributed by atoms with van der Waals surface area (Å²) in [6, 6.07) is 3.69. The van der Waals surface area contributed by atoms with Crippen LogP contribution in [0.3, 0.4) is 0 Å². The Bertz CT molecular complexity index is 352. The van der Waals surface area contributed by atoms with Crippen molar-refractivity contribution < 1.29 is 4.79 Å². The molecular weight excluding hydrogens is 202 g/mol. The minimum atomic E-state index is -0.401. The first-order valence-electron chi connectivity index (χ1n) is 5.45. The molecule has 1 rings (SSSR count). The predicted molar refractivity (Wildman–Crippen MR) is 66.5 cm³/mol. The maximum Gasteiger partial charge on any atom is 0.230 e. The van der Waals surface area contributed by atoms with Gasteiger partial charge in [-0.25, -0.2) is 4.98 Å². The molecule has 4 nitrogen and oxygen atoms in total. The van der Waals surface area contributed by atoms with Gasteiger partial charge >= 0.3 is 0 Å². The minimum absolute atomic E-state index is 0.0313. The van der Waals surface area contributed by atoms with Crippen LogP contribution in [0.1, 0.15) is 27.7 Å². The fourth-order valence-corrected chi connectivity index (χ4v) is 1.08. The number of carbonyl (C=O) groups excluding carboxylic acids is 1. The molecule has 88 valence electrons. The van der Waals surface area contributed by atoms with Gasteiger partial charge in [0.25, 0.3) is 0 Å². The zero-order chi connectivity index (χ0) is 12.2. The summed E-state index contributed by atoms with van der Waals surface area (Å²) >= 11 is 0. The smallest absolute Gasteiger partial charge is 0.230 e. The van der Waals surface area contributed by atoms with Crippen LogP contribution >= 0.6 is 0 Å². The third-order valence-electron chi connectivity index (χ3n) is 2.07. The van der Waals surface area contributed by atoms with Crippen LogP contribution in [0.25, 0.3) is 0 Å². The molecule has 4 heteroatoms. The number of pyridine rings is 1. The van der Waals surface area contributed by atoms with Crippen LogP contribution < -0.4 is 10.6 Å². The van der Waals surface area contributed by atoms with Crippen LogP contribution in [-0.2, 0) is 4.79 Å². The van der Waals surface area contributed by atoms with Gasteiger partial charge in [-0.1, -0.05) is 20.8 Å². The molecular formula is C12H19N3O. The summed E-state index contributed by atoms with van der Waals surface area (Å²) in [5.74, 6) is 0.553. The van der Waals surface area contributed by atoms with E-state index < -0.39 is 5.41 Å². The van der Waals surface area contributed by atoms with E-state index in [1.165, 1.54) is 0 Å². The molecule has 0 saturated heterocycles. The predicted octanol–water partition coefficient (Wildman–Crippen LogP) is 2.50. The SMILES string of the molecule is CCNc1ccc(NC(=O)C(C)(C)C)nc1. The molecule has 0 fully saturated rings. The van der Waals surface area contributed by atoms with E-state index in [0.717, 1.165) is 12.2 Å². The second-order valence-corrected chi connectivity index (χ2v) is 4.67. The molecule has 0 radical (unpaired) electrons. The fourth-order valence-electron chi connectivity index (χ4n) is 1.08. The number of hydrogen-bond acceptors (Lipinski definition) is 3. The molecule has 0 saturated carbocycles. The highest BCUT2D eigenvalue weighted by Gasteiger charge is 2.21. The van der Waals surface area contributed by atoms with Crippen LogP contribution in [-0.4, -0.2) is 17.4 Å². The Labute approximate surface area is 96.5 Å². The molecule has 0 aliphatic carbocycles. The highest BCUT2D eigenvalue weighted by atomic mass is 16.2. The third-order valence-corrected chi connectivity index (χ3v) is 2.07. The number of rotatable bonds is 3. The molecule has 0 atom stereocenters. The molecule has 1 aromatic rings. The van der Waals surface area contributed by atoms with Crippen LogP contribution in [0, 0.1) is 5.41 Å². The summed E-state index contributed by atoms with van der Waals surface area (Å²) in [6.45, 7) is 8.49. The van der Waals surface area contributed by atoms with Gasteiger partial charge in [0.05, 0.1) is 11.9 Å². The number of nitrogens with one attached hydrogen (secondary N) is 2. The first kappa shape index (κ1) is 12.5. The van der Waals surface area contributed by atoms with Crippen molar-refractivity contribution in [2.75, 3.05) is 17.2 Å². The van der Waals surface area contributed by atoms with Crippen LogP contribution in [0.4, 0.5) is 11.5 Å². The van der Waals surface area contributed by atoms with E-state index in [9.17, 15) is 4.79 Å². The van der Waals surface area contributed by atoms with Gasteiger partial charge in [-0.2, -0.15) is 0 Å². The van der Waals surface area contributed by atoms with Crippen LogP contribution in [0.2, 0.25) is 0 Å². The molecule has 0 aromatic carbocycles. The Morgan fingerprint density at radius 2 is 2.06 bits per heavy atom. The van der Waals surface area contributed by atoms with Gasteiger partial charge in [-0.15, -0.1) is 0 Å². The number of nitrogens with zero attached hydrogens (tertiary/aromatic N) is 1. The van der Waals surface area contributed by atoms with Gasteiger partial charge < -0.3 is 10.6 Å². The largest absolute Gasteiger partial charge is 0.384 e. The summed E-state index contributed by atoms with van der Waals surface area (Å²) in [6.07, 6.45) is 1.71. The van der Waals surface area contributed by atoms with E-state index in [0.29, 0.717) is 5.82 Å². The lowest BCUT2D eigenvalue weighted by atomic mass is 9.96. The standard InChI is InChI=1S/C12H19N3O/c1-5-13-9-6-7-10(14-8-9)15-11(16)12(2,3)4/h6-8,13H,5H2,1-4H3,(H,14,15,16). The van der Waals surface area contributed by atoms with Gasteiger partial charge in [0.15, 0.2) is 0 Å². The van der Waals surface area contributed by atoms with Crippen molar-refractivity contribution in [1.29, 1.82) is 0 Å². The Hall–Kier alpha value is -1.58. The summed E-state index contributed by atoms with van der Waals surface area (Å²) < 4.78 is 0. The van der Waals surface area contributed by atoms with Gasteiger partial charge in [-0.3, -0.25) is 4.79 Å². The van der Waals surface area contributed by atoms with E-state index in [-0.39, 0.29) is 5.91 Å². The van der Waals surface area contributed by atoms with Gasteiger partial charge in [0, 0.05) is 12.0 Å². The lowest BCUT2D eigenvalue weighted by molar-refractivity contribution is -0.123. The van der Waals surface area contributed by atoms with E-state index in [1.54, 1.807) is 12.3 Å². The fraction of sp³-hybridized carbons (Fsp3) is 0.500. The number of carbonyl (C=O) groups is 1. The quantitative estimate of drug-likeness (QED) is 0.824. The van der Waals surface area contributed by atoms with Crippen molar-refractivity contribution in [2.45, 2.75) is 27.7 Å². The number of amides is 1. The Morgan fingerprint density at radius 3 is 2.50 bits per heavy atom. The van der Waals surface area contributed by atoms with Gasteiger partial charge in [0.2, 0.25) is 5.91 Å². The zero-order valence-corrected chi connectivity index (χ0v) is 10.3. The molecule has 0 bridgehead atoms. The summed E-state index contributed by atoms with van der Waals surface area (Å²) in [5, 5.41) is 5.92. The normalized spacial score (nSPS) is 11.0. The average molecular weight is 221 g/mol. The molecule has 1 amide bonds. The monoisotopic (exact) mass is 221 g/mol. The summed E-state index contributed by atoms with van der Waals surface area (Å²) in [7, 11) is 0. The van der Waals surface area contributed by atoms with E-state index in [4.69, 9.17) is 0 Å². The maximum atomic E-state index is 11.7. The van der Waals surface area contributed by atoms with Crippen LogP contribution in [0.5, 0.6) is 0 Å². The van der Waals surface area contributed by atoms with Crippen molar-refractivity contribution in [1.82, 2.24) is 4.98 Å². The second-order valence-electron chi connectivity index (χ2n) is 4.67. The molecule has 1 heterocycles. The molecule has 0 aliphatic heterocycles. The lowest BCUT2D eigenvalue weighted by Crippen LogP contribution is -2.27. The van der Waals surface area contributed by atoms with E-state index >= 15 is 0 Å². The van der Waals surface area contributed by atoms with Gasteiger partial charge in [-0.05, 0) is 19.1 Å². The van der Waals surface area contributed by atoms with Crippen molar-refractivity contribution in [2.24, 2.45) is 5.41 Å². The lowest BCUT2D eigenvalue weighted by Gasteiger charge is -2.17. The van der Waals surface area contributed by atoms with E-state index in [1.807, 2.05) is 33.8 Å². The molecule has 1 aromatic heterocycles. The number of hydrogen-bond donors (Lipinski definition) is 2. The summed E-state index contributed by atoms with van der Waals surface area (Å²) in [4.78, 5) is 15.8. The highest BCUT2D eigenvalue weighted by molar-refractivity contribution is 5.93.